The first kappa shape index (κ1) is 27.5. The molecule has 9 nitrogen and oxygen atoms in total. The number of fused-ring (bicyclic) bond motifs is 1. The molecule has 0 bridgehead atoms. The van der Waals surface area contributed by atoms with Crippen LogP contribution in [0.15, 0.2) is 91.3 Å². The van der Waals surface area contributed by atoms with E-state index in [1.807, 2.05) is 84.9 Å². The van der Waals surface area contributed by atoms with Gasteiger partial charge in [-0.25, -0.2) is 4.98 Å². The van der Waals surface area contributed by atoms with E-state index >= 15 is 0 Å². The van der Waals surface area contributed by atoms with Gasteiger partial charge in [-0.05, 0) is 40.4 Å². The van der Waals surface area contributed by atoms with Gasteiger partial charge in [-0.3, -0.25) is 4.57 Å². The molecular formula is C30H30ClN5O4. The molecular weight excluding hydrogens is 530 g/mol. The lowest BCUT2D eigenvalue weighted by Crippen LogP contribution is -2.37. The average Bonchev–Trinajstić information content (AvgIpc) is 3.42. The number of hydrogen-bond acceptors (Lipinski definition) is 8. The van der Waals surface area contributed by atoms with E-state index in [0.29, 0.717) is 17.0 Å². The number of halogens is 1. The number of anilines is 1. The van der Waals surface area contributed by atoms with Gasteiger partial charge in [-0.1, -0.05) is 72.8 Å². The molecule has 2 aromatic heterocycles. The molecule has 1 atom stereocenters. The molecule has 206 valence electrons. The fourth-order valence-corrected chi connectivity index (χ4v) is 4.83. The topological polar surface area (TPSA) is 104 Å². The van der Waals surface area contributed by atoms with Crippen LogP contribution in [0.5, 0.6) is 5.75 Å². The summed E-state index contributed by atoms with van der Waals surface area (Å²) in [5, 5.41) is 13.3. The summed E-state index contributed by atoms with van der Waals surface area (Å²) in [5.74, 6) is 1.26. The molecule has 0 amide bonds. The highest BCUT2D eigenvalue weighted by atomic mass is 35.5. The molecule has 10 heteroatoms. The van der Waals surface area contributed by atoms with E-state index in [2.05, 4.69) is 20.3 Å². The SMILES string of the molecule is CNc1nc(Cl)nc2c1ncn2COC(CO)COC(c1ccccc1)(c1ccccc1)c1ccc(OC)cc1. The number of imidazole rings is 1. The number of nitrogens with one attached hydrogen (secondary N) is 1. The Hall–Kier alpha value is -4.02. The zero-order chi connectivity index (χ0) is 28.0. The van der Waals surface area contributed by atoms with Gasteiger partial charge in [0, 0.05) is 7.05 Å². The Kier molecular flexibility index (Phi) is 8.57. The van der Waals surface area contributed by atoms with Crippen LogP contribution in [0, 0.1) is 0 Å². The van der Waals surface area contributed by atoms with Crippen molar-refractivity contribution >= 4 is 28.6 Å². The molecule has 2 N–H and O–H groups in total. The molecule has 2 heterocycles. The fraction of sp³-hybridized carbons (Fsp3) is 0.233. The van der Waals surface area contributed by atoms with Crippen molar-refractivity contribution in [1.29, 1.82) is 0 Å². The van der Waals surface area contributed by atoms with Crippen LogP contribution < -0.4 is 10.1 Å². The molecule has 0 radical (unpaired) electrons. The largest absolute Gasteiger partial charge is 0.497 e. The van der Waals surface area contributed by atoms with Crippen molar-refractivity contribution in [3.63, 3.8) is 0 Å². The lowest BCUT2D eigenvalue weighted by Gasteiger charge is -2.37. The lowest BCUT2D eigenvalue weighted by atomic mass is 9.80. The first-order valence-corrected chi connectivity index (χ1v) is 13.1. The van der Waals surface area contributed by atoms with Gasteiger partial charge >= 0.3 is 0 Å². The Labute approximate surface area is 237 Å². The van der Waals surface area contributed by atoms with E-state index in [0.717, 1.165) is 22.4 Å². The van der Waals surface area contributed by atoms with Crippen LogP contribution in [-0.2, 0) is 21.8 Å². The van der Waals surface area contributed by atoms with Crippen molar-refractivity contribution in [2.45, 2.75) is 18.4 Å². The van der Waals surface area contributed by atoms with Crippen molar-refractivity contribution in [2.24, 2.45) is 0 Å². The Balaban J connectivity index is 1.46. The normalized spacial score (nSPS) is 12.4. The maximum absolute atomic E-state index is 10.3. The molecule has 0 saturated carbocycles. The van der Waals surface area contributed by atoms with Crippen molar-refractivity contribution in [2.75, 3.05) is 32.7 Å². The third kappa shape index (κ3) is 5.50. The number of hydrogen-bond donors (Lipinski definition) is 2. The Morgan fingerprint density at radius 2 is 1.55 bits per heavy atom. The highest BCUT2D eigenvalue weighted by Gasteiger charge is 2.38. The van der Waals surface area contributed by atoms with Crippen LogP contribution in [0.1, 0.15) is 16.7 Å². The zero-order valence-corrected chi connectivity index (χ0v) is 23.0. The van der Waals surface area contributed by atoms with Crippen molar-refractivity contribution in [1.82, 2.24) is 19.5 Å². The number of nitrogens with zero attached hydrogens (tertiary/aromatic N) is 4. The molecule has 5 rings (SSSR count). The number of aliphatic hydroxyl groups is 1. The molecule has 0 aliphatic rings. The minimum Gasteiger partial charge on any atom is -0.497 e. The van der Waals surface area contributed by atoms with Gasteiger partial charge in [0.15, 0.2) is 17.0 Å². The van der Waals surface area contributed by atoms with E-state index in [1.54, 1.807) is 25.1 Å². The second kappa shape index (κ2) is 12.4. The summed E-state index contributed by atoms with van der Waals surface area (Å²) in [7, 11) is 3.38. The van der Waals surface area contributed by atoms with Gasteiger partial charge in [0.1, 0.15) is 24.2 Å². The third-order valence-electron chi connectivity index (χ3n) is 6.67. The quantitative estimate of drug-likeness (QED) is 0.165. The second-order valence-corrected chi connectivity index (χ2v) is 9.37. The molecule has 0 aliphatic carbocycles. The van der Waals surface area contributed by atoms with Gasteiger partial charge in [0.05, 0.1) is 26.7 Å². The third-order valence-corrected chi connectivity index (χ3v) is 6.84. The molecule has 0 fully saturated rings. The summed E-state index contributed by atoms with van der Waals surface area (Å²) in [5.41, 5.74) is 2.90. The van der Waals surface area contributed by atoms with Crippen LogP contribution in [0.4, 0.5) is 5.82 Å². The van der Waals surface area contributed by atoms with Crippen molar-refractivity contribution in [3.8, 4) is 5.75 Å². The van der Waals surface area contributed by atoms with Crippen molar-refractivity contribution < 1.29 is 19.3 Å². The van der Waals surface area contributed by atoms with E-state index in [-0.39, 0.29) is 25.2 Å². The highest BCUT2D eigenvalue weighted by molar-refractivity contribution is 6.28. The van der Waals surface area contributed by atoms with Gasteiger partial charge in [-0.2, -0.15) is 9.97 Å². The summed E-state index contributed by atoms with van der Waals surface area (Å²) in [6.07, 6.45) is 0.949. The van der Waals surface area contributed by atoms with E-state index in [4.69, 9.17) is 25.8 Å². The minimum atomic E-state index is -0.976. The zero-order valence-electron chi connectivity index (χ0n) is 22.2. The van der Waals surface area contributed by atoms with Crippen LogP contribution in [-0.4, -0.2) is 58.1 Å². The summed E-state index contributed by atoms with van der Waals surface area (Å²) >= 11 is 6.10. The molecule has 40 heavy (non-hydrogen) atoms. The second-order valence-electron chi connectivity index (χ2n) is 9.03. The first-order valence-electron chi connectivity index (χ1n) is 12.8. The summed E-state index contributed by atoms with van der Waals surface area (Å²) < 4.78 is 20.0. The fourth-order valence-electron chi connectivity index (χ4n) is 4.67. The van der Waals surface area contributed by atoms with E-state index in [9.17, 15) is 5.11 Å². The smallest absolute Gasteiger partial charge is 0.226 e. The first-order chi connectivity index (χ1) is 19.6. The predicted molar refractivity (Wildman–Crippen MR) is 154 cm³/mol. The maximum atomic E-state index is 10.3. The number of ether oxygens (including phenoxy) is 3. The summed E-state index contributed by atoms with van der Waals surface area (Å²) in [6.45, 7) is -0.0867. The Morgan fingerprint density at radius 3 is 2.12 bits per heavy atom. The van der Waals surface area contributed by atoms with Gasteiger partial charge in [0.25, 0.3) is 0 Å². The summed E-state index contributed by atoms with van der Waals surface area (Å²) in [4.78, 5) is 12.8. The number of methoxy groups -OCH3 is 1. The Bertz CT molecular complexity index is 1490. The van der Waals surface area contributed by atoms with Crippen LogP contribution >= 0.6 is 11.6 Å². The molecule has 1 unspecified atom stereocenters. The van der Waals surface area contributed by atoms with Crippen LogP contribution in [0.2, 0.25) is 5.28 Å². The van der Waals surface area contributed by atoms with E-state index in [1.165, 1.54) is 0 Å². The molecule has 0 spiro atoms. The number of aromatic nitrogens is 4. The van der Waals surface area contributed by atoms with E-state index < -0.39 is 11.7 Å². The monoisotopic (exact) mass is 559 g/mol. The van der Waals surface area contributed by atoms with Crippen LogP contribution in [0.25, 0.3) is 11.2 Å². The molecule has 0 saturated heterocycles. The number of rotatable bonds is 12. The number of benzene rings is 3. The minimum absolute atomic E-state index is 0.0772. The van der Waals surface area contributed by atoms with Crippen molar-refractivity contribution in [3.05, 3.63) is 113 Å². The highest BCUT2D eigenvalue weighted by Crippen LogP contribution is 2.41. The average molecular weight is 560 g/mol. The van der Waals surface area contributed by atoms with Gasteiger partial charge in [-0.15, -0.1) is 0 Å². The maximum Gasteiger partial charge on any atom is 0.226 e. The van der Waals surface area contributed by atoms with Gasteiger partial charge in [0.2, 0.25) is 5.28 Å². The predicted octanol–water partition coefficient (Wildman–Crippen LogP) is 4.87. The van der Waals surface area contributed by atoms with Crippen LogP contribution in [0.3, 0.4) is 0 Å². The lowest BCUT2D eigenvalue weighted by molar-refractivity contribution is -0.0970. The molecule has 3 aromatic carbocycles. The summed E-state index contributed by atoms with van der Waals surface area (Å²) in [6, 6.07) is 27.8. The number of aliphatic hydroxyl groups excluding tert-OH is 1. The standard InChI is InChI=1S/C30H30ClN5O4/c1-32-27-26-28(35-29(31)34-27)36(19-33-26)20-39-25(17-37)18-40-30(21-9-5-3-6-10-21,22-11-7-4-8-12-22)23-13-15-24(38-2)16-14-23/h3-16,19,25,37H,17-18,20H2,1-2H3,(H,32,34,35). The van der Waals surface area contributed by atoms with Gasteiger partial charge < -0.3 is 24.6 Å². The molecule has 5 aromatic rings. The molecule has 0 aliphatic heterocycles. The Morgan fingerprint density at radius 1 is 0.925 bits per heavy atom.